The highest BCUT2D eigenvalue weighted by Crippen LogP contribution is 2.34. The van der Waals surface area contributed by atoms with Gasteiger partial charge in [0, 0.05) is 0 Å². The first-order valence-corrected chi connectivity index (χ1v) is 7.39. The number of carbonyl (C=O) groups is 3. The zero-order valence-electron chi connectivity index (χ0n) is 12.7. The molecule has 7 nitrogen and oxygen atoms in total. The van der Waals surface area contributed by atoms with Crippen molar-refractivity contribution < 1.29 is 23.9 Å². The molecule has 2 aliphatic heterocycles. The normalized spacial score (nSPS) is 25.1. The molecule has 0 radical (unpaired) electrons. The Morgan fingerprint density at radius 1 is 1.18 bits per heavy atom. The summed E-state index contributed by atoms with van der Waals surface area (Å²) in [6, 6.07) is -0.707. The van der Waals surface area contributed by atoms with E-state index in [0.717, 1.165) is 0 Å². The van der Waals surface area contributed by atoms with Crippen LogP contribution in [0.15, 0.2) is 23.8 Å². The molecule has 7 heteroatoms. The molecule has 0 aromatic carbocycles. The van der Waals surface area contributed by atoms with Gasteiger partial charge in [0.1, 0.15) is 6.29 Å². The number of hydrogen-bond acceptors (Lipinski definition) is 5. The molecule has 0 aromatic heterocycles. The van der Waals surface area contributed by atoms with E-state index in [1.807, 2.05) is 6.08 Å². The molecule has 1 aliphatic carbocycles. The zero-order chi connectivity index (χ0) is 16.1. The Balaban J connectivity index is 2.41. The van der Waals surface area contributed by atoms with Gasteiger partial charge in [-0.25, -0.2) is 19.6 Å². The molecule has 0 saturated carbocycles. The van der Waals surface area contributed by atoms with Gasteiger partial charge < -0.3 is 9.47 Å². The third kappa shape index (κ3) is 2.98. The lowest BCUT2D eigenvalue weighted by atomic mass is 10.00. The molecule has 1 saturated heterocycles. The second kappa shape index (κ2) is 7.11. The summed E-state index contributed by atoms with van der Waals surface area (Å²) < 4.78 is 10.1. The van der Waals surface area contributed by atoms with Gasteiger partial charge in [0.2, 0.25) is 0 Å². The second-order valence-corrected chi connectivity index (χ2v) is 4.91. The highest BCUT2D eigenvalue weighted by molar-refractivity contribution is 5.77. The third-order valence-corrected chi connectivity index (χ3v) is 3.64. The van der Waals surface area contributed by atoms with Crippen LogP contribution < -0.4 is 0 Å². The van der Waals surface area contributed by atoms with Crippen molar-refractivity contribution >= 4 is 18.5 Å². The van der Waals surface area contributed by atoms with E-state index < -0.39 is 18.2 Å². The lowest BCUT2D eigenvalue weighted by Crippen LogP contribution is -2.60. The Hall–Kier alpha value is -2.31. The number of rotatable bonds is 3. The van der Waals surface area contributed by atoms with Crippen LogP contribution in [-0.4, -0.2) is 53.8 Å². The van der Waals surface area contributed by atoms with Crippen molar-refractivity contribution in [2.24, 2.45) is 0 Å². The van der Waals surface area contributed by atoms with Gasteiger partial charge in [0.25, 0.3) is 0 Å². The zero-order valence-corrected chi connectivity index (χ0v) is 12.7. The monoisotopic (exact) mass is 308 g/mol. The molecule has 22 heavy (non-hydrogen) atoms. The van der Waals surface area contributed by atoms with Gasteiger partial charge >= 0.3 is 12.2 Å². The molecule has 0 spiro atoms. The Labute approximate surface area is 129 Å². The first kappa shape index (κ1) is 16.1. The van der Waals surface area contributed by atoms with Gasteiger partial charge in [-0.15, -0.1) is 0 Å². The average molecular weight is 308 g/mol. The molecule has 0 N–H and O–H groups in total. The van der Waals surface area contributed by atoms with Crippen LogP contribution in [0.4, 0.5) is 9.59 Å². The van der Waals surface area contributed by atoms with Crippen LogP contribution in [0.3, 0.4) is 0 Å². The molecule has 3 aliphatic rings. The number of ether oxygens (including phenoxy) is 2. The van der Waals surface area contributed by atoms with E-state index in [1.54, 1.807) is 19.9 Å². The molecule has 0 unspecified atom stereocenters. The Morgan fingerprint density at radius 3 is 2.41 bits per heavy atom. The first-order chi connectivity index (χ1) is 10.6. The van der Waals surface area contributed by atoms with E-state index >= 15 is 0 Å². The van der Waals surface area contributed by atoms with Crippen molar-refractivity contribution in [3.63, 3.8) is 0 Å². The van der Waals surface area contributed by atoms with Gasteiger partial charge in [-0.1, -0.05) is 12.2 Å². The fourth-order valence-corrected chi connectivity index (χ4v) is 2.77. The molecule has 0 aromatic rings. The predicted molar refractivity (Wildman–Crippen MR) is 77.8 cm³/mol. The van der Waals surface area contributed by atoms with Crippen molar-refractivity contribution in [3.05, 3.63) is 23.8 Å². The van der Waals surface area contributed by atoms with Crippen LogP contribution in [0, 0.1) is 0 Å². The molecule has 2 atom stereocenters. The quantitative estimate of drug-likeness (QED) is 0.589. The molecular formula is C15H20N2O5. The number of carbonyl (C=O) groups excluding carboxylic acids is 3. The second-order valence-electron chi connectivity index (χ2n) is 4.91. The number of hydrazine groups is 1. The fourth-order valence-electron chi connectivity index (χ4n) is 2.77. The van der Waals surface area contributed by atoms with E-state index in [0.29, 0.717) is 24.7 Å². The van der Waals surface area contributed by atoms with E-state index in [4.69, 9.17) is 9.47 Å². The van der Waals surface area contributed by atoms with Crippen LogP contribution in [0.1, 0.15) is 26.7 Å². The Bertz CT molecular complexity index is 514. The topological polar surface area (TPSA) is 76.2 Å². The predicted octanol–water partition coefficient (Wildman–Crippen LogP) is 2.04. The molecule has 1 fully saturated rings. The lowest BCUT2D eigenvalue weighted by Gasteiger charge is -2.44. The Morgan fingerprint density at radius 2 is 1.82 bits per heavy atom. The van der Waals surface area contributed by atoms with Crippen molar-refractivity contribution in [3.8, 4) is 0 Å². The Kier molecular flexibility index (Phi) is 5.19. The van der Waals surface area contributed by atoms with Gasteiger partial charge in [-0.2, -0.15) is 0 Å². The van der Waals surface area contributed by atoms with Gasteiger partial charge in [0.05, 0.1) is 25.3 Å². The maximum atomic E-state index is 12.3. The lowest BCUT2D eigenvalue weighted by molar-refractivity contribution is -0.104. The van der Waals surface area contributed by atoms with Crippen molar-refractivity contribution in [1.82, 2.24) is 10.0 Å². The largest absolute Gasteiger partial charge is 0.448 e. The summed E-state index contributed by atoms with van der Waals surface area (Å²) in [7, 11) is 0. The van der Waals surface area contributed by atoms with Gasteiger partial charge in [-0.3, -0.25) is 4.79 Å². The number of fused-ring (bicyclic) bond motifs is 3. The summed E-state index contributed by atoms with van der Waals surface area (Å²) in [5, 5.41) is 2.56. The summed E-state index contributed by atoms with van der Waals surface area (Å²) in [5.41, 5.74) is 0.678. The van der Waals surface area contributed by atoms with Gasteiger partial charge in [0.15, 0.2) is 0 Å². The van der Waals surface area contributed by atoms with Crippen molar-refractivity contribution in [1.29, 1.82) is 0 Å². The highest BCUT2D eigenvalue weighted by atomic mass is 16.6. The summed E-state index contributed by atoms with van der Waals surface area (Å²) in [6.45, 7) is 3.81. The fraction of sp³-hybridized carbons (Fsp3) is 0.533. The van der Waals surface area contributed by atoms with E-state index in [2.05, 4.69) is 0 Å². The molecule has 120 valence electrons. The van der Waals surface area contributed by atoms with E-state index in [1.165, 1.54) is 16.1 Å². The van der Waals surface area contributed by atoms with Crippen molar-refractivity contribution in [2.45, 2.75) is 38.8 Å². The van der Waals surface area contributed by atoms with Crippen LogP contribution in [0.25, 0.3) is 0 Å². The third-order valence-electron chi connectivity index (χ3n) is 3.64. The minimum absolute atomic E-state index is 0.198. The smallest absolute Gasteiger partial charge is 0.429 e. The molecule has 2 heterocycles. The molecule has 2 bridgehead atoms. The van der Waals surface area contributed by atoms with E-state index in [9.17, 15) is 14.4 Å². The maximum absolute atomic E-state index is 12.3. The highest BCUT2D eigenvalue weighted by Gasteiger charge is 2.44. The number of nitrogens with zero attached hydrogens (tertiary/aromatic N) is 2. The van der Waals surface area contributed by atoms with Crippen LogP contribution >= 0.6 is 0 Å². The molecular weight excluding hydrogens is 288 g/mol. The summed E-state index contributed by atoms with van der Waals surface area (Å²) in [6.07, 6.45) is 5.79. The maximum Gasteiger partial charge on any atom is 0.429 e. The van der Waals surface area contributed by atoms with Crippen LogP contribution in [0.5, 0.6) is 0 Å². The number of allylic oxidation sites excluding steroid dienone is 1. The number of amides is 2. The summed E-state index contributed by atoms with van der Waals surface area (Å²) in [4.78, 5) is 35.4. The standard InChI is InChI=1S/C15H20N2O5/c1-3-21-14(19)16-12-6-5-11(9-10-18)13(8-7-12)17(16)15(20)22-4-2/h5-6,9-10,12-13H,3-4,7-8H2,1-2H3/b11-9+/t12-,13-/m0/s1. The van der Waals surface area contributed by atoms with E-state index in [-0.39, 0.29) is 19.3 Å². The minimum atomic E-state index is -0.620. The summed E-state index contributed by atoms with van der Waals surface area (Å²) >= 11 is 0. The average Bonchev–Trinajstić information content (AvgIpc) is 2.78. The number of hydrogen-bond donors (Lipinski definition) is 0. The minimum Gasteiger partial charge on any atom is -0.448 e. The number of aldehydes is 1. The molecule has 3 rings (SSSR count). The SMILES string of the molecule is CCOC(=O)N1[C@H]2C=C/C(=C\C=O)[C@H](CC2)N1C(=O)OCC. The summed E-state index contributed by atoms with van der Waals surface area (Å²) in [5.74, 6) is 0. The van der Waals surface area contributed by atoms with Gasteiger partial charge in [-0.05, 0) is 38.3 Å². The first-order valence-electron chi connectivity index (χ1n) is 7.39. The molecule has 2 amide bonds. The van der Waals surface area contributed by atoms with Crippen LogP contribution in [0.2, 0.25) is 0 Å². The van der Waals surface area contributed by atoms with Crippen molar-refractivity contribution in [2.75, 3.05) is 13.2 Å². The van der Waals surface area contributed by atoms with Crippen LogP contribution in [-0.2, 0) is 14.3 Å².